The van der Waals surface area contributed by atoms with Gasteiger partial charge in [0.2, 0.25) is 0 Å². The van der Waals surface area contributed by atoms with Gasteiger partial charge in [0.1, 0.15) is 11.5 Å². The molecule has 0 radical (unpaired) electrons. The van der Waals surface area contributed by atoms with Gasteiger partial charge in [0.25, 0.3) is 0 Å². The number of nitrogens with zero attached hydrogens (tertiary/aromatic N) is 3. The zero-order valence-electron chi connectivity index (χ0n) is 11.9. The van der Waals surface area contributed by atoms with Crippen LogP contribution in [-0.4, -0.2) is 21.6 Å². The molecule has 3 heterocycles. The van der Waals surface area contributed by atoms with Gasteiger partial charge in [-0.1, -0.05) is 20.8 Å². The molecular weight excluding hydrogens is 272 g/mol. The summed E-state index contributed by atoms with van der Waals surface area (Å²) in [7, 11) is 0. The lowest BCUT2D eigenvalue weighted by Gasteiger charge is -2.17. The molecule has 0 spiro atoms. The fourth-order valence-corrected chi connectivity index (χ4v) is 2.98. The Labute approximate surface area is 122 Å². The Morgan fingerprint density at radius 2 is 2.05 bits per heavy atom. The quantitative estimate of drug-likeness (QED) is 0.873. The molecule has 2 N–H and O–H groups in total. The average Bonchev–Trinajstić information content (AvgIpc) is 2.88. The highest BCUT2D eigenvalue weighted by Gasteiger charge is 2.21. The zero-order valence-corrected chi connectivity index (χ0v) is 12.8. The van der Waals surface area contributed by atoms with Crippen molar-refractivity contribution >= 4 is 17.2 Å². The summed E-state index contributed by atoms with van der Waals surface area (Å²) >= 11 is 1.64. The van der Waals surface area contributed by atoms with Crippen molar-refractivity contribution < 1.29 is 4.74 Å². The molecule has 0 aliphatic carbocycles. The standard InChI is InChI=1S/C14H18N4OS/c1-14(2,3)13-17-10(7-20-13)12-16-9-4-5-19-6-8(9)11(15)18-12/h7H,4-6H2,1-3H3,(H2,15,16,18). The lowest BCUT2D eigenvalue weighted by atomic mass is 9.98. The fourth-order valence-electron chi connectivity index (χ4n) is 2.09. The molecule has 0 saturated carbocycles. The monoisotopic (exact) mass is 290 g/mol. The molecule has 1 aliphatic rings. The van der Waals surface area contributed by atoms with E-state index in [1.807, 2.05) is 5.38 Å². The van der Waals surface area contributed by atoms with Crippen molar-refractivity contribution in [2.75, 3.05) is 12.3 Å². The first-order valence-corrected chi connectivity index (χ1v) is 7.52. The van der Waals surface area contributed by atoms with Gasteiger partial charge in [0.15, 0.2) is 5.82 Å². The molecule has 2 aromatic heterocycles. The van der Waals surface area contributed by atoms with Gasteiger partial charge in [0, 0.05) is 22.8 Å². The molecule has 0 atom stereocenters. The Kier molecular flexibility index (Phi) is 3.22. The summed E-state index contributed by atoms with van der Waals surface area (Å²) in [5.41, 5.74) is 8.77. The molecular formula is C14H18N4OS. The highest BCUT2D eigenvalue weighted by molar-refractivity contribution is 7.10. The highest BCUT2D eigenvalue weighted by atomic mass is 32.1. The van der Waals surface area contributed by atoms with Gasteiger partial charge in [0.05, 0.1) is 23.9 Å². The maximum Gasteiger partial charge on any atom is 0.181 e. The van der Waals surface area contributed by atoms with Crippen LogP contribution in [0.15, 0.2) is 5.38 Å². The fraction of sp³-hybridized carbons (Fsp3) is 0.500. The van der Waals surface area contributed by atoms with E-state index in [2.05, 4.69) is 35.7 Å². The molecule has 5 nitrogen and oxygen atoms in total. The van der Waals surface area contributed by atoms with E-state index in [1.165, 1.54) is 0 Å². The van der Waals surface area contributed by atoms with E-state index in [-0.39, 0.29) is 5.41 Å². The Bertz CT molecular complexity index is 645. The second-order valence-corrected chi connectivity index (χ2v) is 6.81. The van der Waals surface area contributed by atoms with E-state index in [0.717, 1.165) is 28.4 Å². The van der Waals surface area contributed by atoms with E-state index >= 15 is 0 Å². The first-order chi connectivity index (χ1) is 9.45. The number of anilines is 1. The predicted octanol–water partition coefficient (Wildman–Crippen LogP) is 2.55. The van der Waals surface area contributed by atoms with Crippen LogP contribution in [0.4, 0.5) is 5.82 Å². The summed E-state index contributed by atoms with van der Waals surface area (Å²) in [5.74, 6) is 1.13. The third kappa shape index (κ3) is 2.41. The molecule has 0 aromatic carbocycles. The van der Waals surface area contributed by atoms with Crippen LogP contribution in [0.3, 0.4) is 0 Å². The molecule has 0 saturated heterocycles. The minimum absolute atomic E-state index is 0.0382. The SMILES string of the molecule is CC(C)(C)c1nc(-c2nc(N)c3c(n2)CCOC3)cs1. The number of hydrogen-bond donors (Lipinski definition) is 1. The number of aromatic nitrogens is 3. The van der Waals surface area contributed by atoms with E-state index in [1.54, 1.807) is 11.3 Å². The maximum absolute atomic E-state index is 6.02. The topological polar surface area (TPSA) is 73.9 Å². The molecule has 0 unspecified atom stereocenters. The van der Waals surface area contributed by atoms with Gasteiger partial charge in [-0.3, -0.25) is 0 Å². The normalized spacial score (nSPS) is 15.2. The number of ether oxygens (including phenoxy) is 1. The molecule has 0 bridgehead atoms. The van der Waals surface area contributed by atoms with Gasteiger partial charge >= 0.3 is 0 Å². The van der Waals surface area contributed by atoms with Crippen molar-refractivity contribution in [1.29, 1.82) is 0 Å². The number of thiazole rings is 1. The summed E-state index contributed by atoms with van der Waals surface area (Å²) in [6, 6.07) is 0. The third-order valence-electron chi connectivity index (χ3n) is 3.23. The molecule has 1 aliphatic heterocycles. The van der Waals surface area contributed by atoms with Gasteiger partial charge in [-0.2, -0.15) is 0 Å². The van der Waals surface area contributed by atoms with Gasteiger partial charge in [-0.15, -0.1) is 11.3 Å². The summed E-state index contributed by atoms with van der Waals surface area (Å²) in [6.07, 6.45) is 0.783. The van der Waals surface area contributed by atoms with E-state index in [0.29, 0.717) is 24.9 Å². The molecule has 0 fully saturated rings. The largest absolute Gasteiger partial charge is 0.383 e. The number of hydrogen-bond acceptors (Lipinski definition) is 6. The van der Waals surface area contributed by atoms with Crippen LogP contribution < -0.4 is 5.73 Å². The van der Waals surface area contributed by atoms with Crippen LogP contribution in [0.2, 0.25) is 0 Å². The van der Waals surface area contributed by atoms with Crippen molar-refractivity contribution in [3.8, 4) is 11.5 Å². The number of nitrogens with two attached hydrogens (primary N) is 1. The molecule has 20 heavy (non-hydrogen) atoms. The Morgan fingerprint density at radius 1 is 1.25 bits per heavy atom. The van der Waals surface area contributed by atoms with E-state index < -0.39 is 0 Å². The lowest BCUT2D eigenvalue weighted by molar-refractivity contribution is 0.109. The number of nitrogen functional groups attached to an aromatic ring is 1. The maximum atomic E-state index is 6.02. The Morgan fingerprint density at radius 3 is 2.75 bits per heavy atom. The van der Waals surface area contributed by atoms with Gasteiger partial charge in [-0.05, 0) is 0 Å². The van der Waals surface area contributed by atoms with Crippen LogP contribution >= 0.6 is 11.3 Å². The Hall–Kier alpha value is -1.53. The van der Waals surface area contributed by atoms with Crippen molar-refractivity contribution in [3.05, 3.63) is 21.6 Å². The second kappa shape index (κ2) is 4.79. The minimum atomic E-state index is 0.0382. The number of fused-ring (bicyclic) bond motifs is 1. The van der Waals surface area contributed by atoms with E-state index in [4.69, 9.17) is 10.5 Å². The Balaban J connectivity index is 2.02. The number of rotatable bonds is 1. The smallest absolute Gasteiger partial charge is 0.181 e. The molecule has 2 aromatic rings. The van der Waals surface area contributed by atoms with Crippen LogP contribution in [0.1, 0.15) is 37.0 Å². The van der Waals surface area contributed by atoms with Crippen LogP contribution in [0.5, 0.6) is 0 Å². The third-order valence-corrected chi connectivity index (χ3v) is 4.50. The predicted molar refractivity (Wildman–Crippen MR) is 79.6 cm³/mol. The van der Waals surface area contributed by atoms with Gasteiger partial charge < -0.3 is 10.5 Å². The van der Waals surface area contributed by atoms with Crippen molar-refractivity contribution in [2.24, 2.45) is 0 Å². The van der Waals surface area contributed by atoms with Gasteiger partial charge in [-0.25, -0.2) is 15.0 Å². The molecule has 6 heteroatoms. The zero-order chi connectivity index (χ0) is 14.3. The minimum Gasteiger partial charge on any atom is -0.383 e. The van der Waals surface area contributed by atoms with Crippen molar-refractivity contribution in [2.45, 2.75) is 39.2 Å². The molecule has 0 amide bonds. The average molecular weight is 290 g/mol. The first-order valence-electron chi connectivity index (χ1n) is 6.64. The summed E-state index contributed by atoms with van der Waals surface area (Å²) in [6.45, 7) is 7.64. The first kappa shape index (κ1) is 13.5. The van der Waals surface area contributed by atoms with Crippen LogP contribution in [-0.2, 0) is 23.2 Å². The van der Waals surface area contributed by atoms with E-state index in [9.17, 15) is 0 Å². The molecule has 106 valence electrons. The molecule has 3 rings (SSSR count). The van der Waals surface area contributed by atoms with Crippen LogP contribution in [0.25, 0.3) is 11.5 Å². The second-order valence-electron chi connectivity index (χ2n) is 5.95. The summed E-state index contributed by atoms with van der Waals surface area (Å²) in [4.78, 5) is 13.6. The van der Waals surface area contributed by atoms with Crippen molar-refractivity contribution in [1.82, 2.24) is 15.0 Å². The lowest BCUT2D eigenvalue weighted by Crippen LogP contribution is -2.16. The van der Waals surface area contributed by atoms with Crippen LogP contribution in [0, 0.1) is 0 Å². The summed E-state index contributed by atoms with van der Waals surface area (Å²) in [5, 5.41) is 3.08. The summed E-state index contributed by atoms with van der Waals surface area (Å²) < 4.78 is 5.40. The highest BCUT2D eigenvalue weighted by Crippen LogP contribution is 2.30. The van der Waals surface area contributed by atoms with Crippen molar-refractivity contribution in [3.63, 3.8) is 0 Å².